The number of carbonyl (C=O) groups excluding carboxylic acids is 2. The maximum Gasteiger partial charge on any atom is 0.260 e. The van der Waals surface area contributed by atoms with E-state index in [-0.39, 0.29) is 18.0 Å². The summed E-state index contributed by atoms with van der Waals surface area (Å²) < 4.78 is 0. The minimum absolute atomic E-state index is 0.000388. The van der Waals surface area contributed by atoms with Gasteiger partial charge in [0.25, 0.3) is 11.5 Å². The molecule has 2 rings (SSSR count). The largest absolute Gasteiger partial charge is 0.332 e. The van der Waals surface area contributed by atoms with Crippen LogP contribution in [-0.2, 0) is 4.79 Å². The Kier molecular flexibility index (Phi) is 4.90. The number of hydrogen-bond donors (Lipinski definition) is 2. The molecule has 0 saturated carbocycles. The highest BCUT2D eigenvalue weighted by Crippen LogP contribution is 2.04. The molecule has 2 aromatic heterocycles. The van der Waals surface area contributed by atoms with Gasteiger partial charge < -0.3 is 15.2 Å². The van der Waals surface area contributed by atoms with Gasteiger partial charge in [-0.3, -0.25) is 14.4 Å². The first-order chi connectivity index (χ1) is 10.9. The highest BCUT2D eigenvalue weighted by atomic mass is 16.2. The van der Waals surface area contributed by atoms with Crippen LogP contribution in [0.15, 0.2) is 35.1 Å². The van der Waals surface area contributed by atoms with Crippen LogP contribution in [0.2, 0.25) is 0 Å². The maximum absolute atomic E-state index is 12.2. The summed E-state index contributed by atoms with van der Waals surface area (Å²) >= 11 is 0. The van der Waals surface area contributed by atoms with Gasteiger partial charge in [-0.1, -0.05) is 6.07 Å². The topological polar surface area (TPSA) is 95.2 Å². The van der Waals surface area contributed by atoms with Crippen molar-refractivity contribution in [3.8, 4) is 0 Å². The first-order valence-electron chi connectivity index (χ1n) is 7.05. The molecule has 0 aliphatic heterocycles. The number of pyridine rings is 2. The summed E-state index contributed by atoms with van der Waals surface area (Å²) in [6.45, 7) is 3.36. The molecule has 0 saturated heterocycles. The van der Waals surface area contributed by atoms with Crippen LogP contribution in [-0.4, -0.2) is 40.3 Å². The minimum Gasteiger partial charge on any atom is -0.332 e. The monoisotopic (exact) mass is 314 g/mol. The van der Waals surface area contributed by atoms with Crippen molar-refractivity contribution in [3.63, 3.8) is 0 Å². The first kappa shape index (κ1) is 16.4. The van der Waals surface area contributed by atoms with Gasteiger partial charge >= 0.3 is 0 Å². The Morgan fingerprint density at radius 3 is 2.61 bits per heavy atom. The van der Waals surface area contributed by atoms with Gasteiger partial charge in [-0.25, -0.2) is 4.98 Å². The number of hydrogen-bond acceptors (Lipinski definition) is 4. The summed E-state index contributed by atoms with van der Waals surface area (Å²) in [7, 11) is 1.46. The number of aryl methyl sites for hydroxylation is 2. The third-order valence-electron chi connectivity index (χ3n) is 3.17. The standard InChI is InChI=1S/C16H18N4O3/c1-10-5-4-6-13(17-10)19-14(21)9-20(3)16(23)12-8-7-11(2)18-15(12)22/h4-8H,9H2,1-3H3,(H,18,22)(H,17,19,21). The maximum atomic E-state index is 12.2. The van der Waals surface area contributed by atoms with E-state index in [1.54, 1.807) is 25.1 Å². The predicted octanol–water partition coefficient (Wildman–Crippen LogP) is 1.10. The third-order valence-corrected chi connectivity index (χ3v) is 3.17. The number of nitrogens with zero attached hydrogens (tertiary/aromatic N) is 2. The lowest BCUT2D eigenvalue weighted by Crippen LogP contribution is -2.37. The smallest absolute Gasteiger partial charge is 0.260 e. The van der Waals surface area contributed by atoms with E-state index in [0.29, 0.717) is 11.5 Å². The molecule has 2 aromatic rings. The van der Waals surface area contributed by atoms with Gasteiger partial charge in [0, 0.05) is 18.4 Å². The summed E-state index contributed by atoms with van der Waals surface area (Å²) in [4.78, 5) is 43.9. The van der Waals surface area contributed by atoms with Crippen LogP contribution < -0.4 is 10.9 Å². The number of aromatic amines is 1. The Morgan fingerprint density at radius 2 is 1.96 bits per heavy atom. The Labute approximate surface area is 133 Å². The van der Waals surface area contributed by atoms with E-state index in [2.05, 4.69) is 15.3 Å². The molecule has 0 unspecified atom stereocenters. The summed E-state index contributed by atoms with van der Waals surface area (Å²) in [6, 6.07) is 8.34. The van der Waals surface area contributed by atoms with Crippen LogP contribution in [0.5, 0.6) is 0 Å². The molecule has 7 heteroatoms. The molecular formula is C16H18N4O3. The lowest BCUT2D eigenvalue weighted by Gasteiger charge is -2.16. The number of amides is 2. The fraction of sp³-hybridized carbons (Fsp3) is 0.250. The van der Waals surface area contributed by atoms with E-state index >= 15 is 0 Å². The SMILES string of the molecule is Cc1cccc(NC(=O)CN(C)C(=O)c2ccc(C)[nH]c2=O)n1. The van der Waals surface area contributed by atoms with Gasteiger partial charge in [-0.15, -0.1) is 0 Å². The molecule has 120 valence electrons. The Bertz CT molecular complexity index is 798. The van der Waals surface area contributed by atoms with Gasteiger partial charge in [0.15, 0.2) is 0 Å². The van der Waals surface area contributed by atoms with Crippen molar-refractivity contribution in [2.75, 3.05) is 18.9 Å². The fourth-order valence-electron chi connectivity index (χ4n) is 2.03. The van der Waals surface area contributed by atoms with Crippen molar-refractivity contribution in [3.05, 3.63) is 57.6 Å². The summed E-state index contributed by atoms with van der Waals surface area (Å²) in [5.41, 5.74) is 0.970. The van der Waals surface area contributed by atoms with Gasteiger partial charge in [-0.05, 0) is 38.1 Å². The lowest BCUT2D eigenvalue weighted by atomic mass is 10.2. The number of rotatable bonds is 4. The highest BCUT2D eigenvalue weighted by Gasteiger charge is 2.18. The first-order valence-corrected chi connectivity index (χ1v) is 7.05. The van der Waals surface area contributed by atoms with E-state index in [4.69, 9.17) is 0 Å². The van der Waals surface area contributed by atoms with Gasteiger partial charge in [0.1, 0.15) is 11.4 Å². The predicted molar refractivity (Wildman–Crippen MR) is 86.4 cm³/mol. The molecule has 0 aliphatic rings. The highest BCUT2D eigenvalue weighted by molar-refractivity contribution is 5.98. The van der Waals surface area contributed by atoms with Crippen molar-refractivity contribution >= 4 is 17.6 Å². The molecule has 0 radical (unpaired) electrons. The zero-order valence-electron chi connectivity index (χ0n) is 13.2. The number of nitrogens with one attached hydrogen (secondary N) is 2. The van der Waals surface area contributed by atoms with Crippen LogP contribution in [0.1, 0.15) is 21.7 Å². The normalized spacial score (nSPS) is 10.2. The van der Waals surface area contributed by atoms with Crippen LogP contribution in [0.25, 0.3) is 0 Å². The summed E-state index contributed by atoms with van der Waals surface area (Å²) in [5, 5.41) is 2.61. The van der Waals surface area contributed by atoms with Crippen molar-refractivity contribution in [2.45, 2.75) is 13.8 Å². The molecule has 2 N–H and O–H groups in total. The van der Waals surface area contributed by atoms with Crippen molar-refractivity contribution in [1.29, 1.82) is 0 Å². The molecule has 0 aromatic carbocycles. The second-order valence-electron chi connectivity index (χ2n) is 5.26. The van der Waals surface area contributed by atoms with Gasteiger partial charge in [0.2, 0.25) is 5.91 Å². The molecule has 2 heterocycles. The van der Waals surface area contributed by atoms with Gasteiger partial charge in [0.05, 0.1) is 6.54 Å². The van der Waals surface area contributed by atoms with E-state index in [1.807, 2.05) is 13.0 Å². The third kappa shape index (κ3) is 4.26. The number of likely N-dealkylation sites (N-methyl/N-ethyl adjacent to an activating group) is 1. The molecule has 0 aliphatic carbocycles. The second-order valence-corrected chi connectivity index (χ2v) is 5.26. The number of aromatic nitrogens is 2. The summed E-state index contributed by atoms with van der Waals surface area (Å²) in [6.07, 6.45) is 0. The molecule has 0 spiro atoms. The van der Waals surface area contributed by atoms with E-state index < -0.39 is 11.5 Å². The molecule has 7 nitrogen and oxygen atoms in total. The number of H-pyrrole nitrogens is 1. The summed E-state index contributed by atoms with van der Waals surface area (Å²) in [5.74, 6) is -0.481. The molecule has 23 heavy (non-hydrogen) atoms. The quantitative estimate of drug-likeness (QED) is 0.883. The second kappa shape index (κ2) is 6.87. The lowest BCUT2D eigenvalue weighted by molar-refractivity contribution is -0.116. The zero-order chi connectivity index (χ0) is 17.0. The molecule has 0 bridgehead atoms. The van der Waals surface area contributed by atoms with Crippen LogP contribution in [0.3, 0.4) is 0 Å². The Balaban J connectivity index is 2.03. The number of anilines is 1. The fourth-order valence-corrected chi connectivity index (χ4v) is 2.03. The molecule has 0 fully saturated rings. The van der Waals surface area contributed by atoms with Crippen LogP contribution in [0.4, 0.5) is 5.82 Å². The van der Waals surface area contributed by atoms with Crippen molar-refractivity contribution in [2.24, 2.45) is 0 Å². The van der Waals surface area contributed by atoms with Gasteiger partial charge in [-0.2, -0.15) is 0 Å². The average Bonchev–Trinajstić information content (AvgIpc) is 2.46. The minimum atomic E-state index is -0.515. The van der Waals surface area contributed by atoms with E-state index in [0.717, 1.165) is 5.69 Å². The zero-order valence-corrected chi connectivity index (χ0v) is 13.2. The van der Waals surface area contributed by atoms with Crippen LogP contribution in [0, 0.1) is 13.8 Å². The molecular weight excluding hydrogens is 296 g/mol. The Morgan fingerprint density at radius 1 is 1.22 bits per heavy atom. The van der Waals surface area contributed by atoms with Crippen molar-refractivity contribution in [1.82, 2.24) is 14.9 Å². The van der Waals surface area contributed by atoms with E-state index in [9.17, 15) is 14.4 Å². The van der Waals surface area contributed by atoms with Crippen molar-refractivity contribution < 1.29 is 9.59 Å². The number of carbonyl (C=O) groups is 2. The molecule has 2 amide bonds. The Hall–Kier alpha value is -2.96. The van der Waals surface area contributed by atoms with Crippen LogP contribution >= 0.6 is 0 Å². The molecule has 0 atom stereocenters. The van der Waals surface area contributed by atoms with E-state index in [1.165, 1.54) is 18.0 Å². The average molecular weight is 314 g/mol.